The van der Waals surface area contributed by atoms with Crippen LogP contribution < -0.4 is 0 Å². The van der Waals surface area contributed by atoms with Gasteiger partial charge in [-0.2, -0.15) is 0 Å². The van der Waals surface area contributed by atoms with Gasteiger partial charge in [-0.1, -0.05) is 13.8 Å². The molecule has 0 radical (unpaired) electrons. The third kappa shape index (κ3) is 2.12. The van der Waals surface area contributed by atoms with Gasteiger partial charge in [0.25, 0.3) is 0 Å². The standard InChI is InChI=1S/C21H32O2/c1-13(22)17-6-7-18-16-5-4-14-12-15(23)8-10-20(14,2)19(16)9-11-21(17,18)3/h14,16-19H,4-12H2,1-3H3/t14-,16-,17+,18-,19-,20-,21+/m0/s1/i4D,5D,8D,10D,12D,14D/t4?,5?,8?,10?,12?,14-,16-,17+,18-,19-,20-,21+. The number of fused-ring (bicyclic) bond motifs is 5. The average Bonchev–Trinajstić information content (AvgIpc) is 3.03. The lowest BCUT2D eigenvalue weighted by Crippen LogP contribution is -2.53. The zero-order chi connectivity index (χ0) is 21.7. The Morgan fingerprint density at radius 1 is 1.17 bits per heavy atom. The van der Waals surface area contributed by atoms with Crippen molar-refractivity contribution in [2.45, 2.75) is 78.4 Å². The summed E-state index contributed by atoms with van der Waals surface area (Å²) < 4.78 is 52.4. The quantitative estimate of drug-likeness (QED) is 0.694. The highest BCUT2D eigenvalue weighted by Crippen LogP contribution is 2.67. The lowest BCUT2D eigenvalue weighted by molar-refractivity contribution is -0.143. The highest BCUT2D eigenvalue weighted by atomic mass is 16.1. The monoisotopic (exact) mass is 322 g/mol. The van der Waals surface area contributed by atoms with Crippen LogP contribution in [0.2, 0.25) is 0 Å². The third-order valence-corrected chi connectivity index (χ3v) is 7.61. The summed E-state index contributed by atoms with van der Waals surface area (Å²) in [6.07, 6.45) is -3.33. The van der Waals surface area contributed by atoms with Crippen LogP contribution in [0.15, 0.2) is 0 Å². The zero-order valence-corrected chi connectivity index (χ0v) is 14.3. The lowest BCUT2D eigenvalue weighted by atomic mass is 9.44. The van der Waals surface area contributed by atoms with E-state index in [4.69, 9.17) is 8.22 Å². The summed E-state index contributed by atoms with van der Waals surface area (Å²) in [5, 5.41) is 0. The van der Waals surface area contributed by atoms with Crippen molar-refractivity contribution >= 4 is 11.6 Å². The van der Waals surface area contributed by atoms with Crippen LogP contribution in [0.3, 0.4) is 0 Å². The molecule has 0 aromatic carbocycles. The molecule has 4 aliphatic carbocycles. The van der Waals surface area contributed by atoms with E-state index in [1.54, 1.807) is 13.8 Å². The van der Waals surface area contributed by atoms with Gasteiger partial charge in [0.2, 0.25) is 0 Å². The van der Waals surface area contributed by atoms with Crippen LogP contribution in [0.5, 0.6) is 0 Å². The van der Waals surface area contributed by atoms with Crippen LogP contribution in [0.4, 0.5) is 0 Å². The number of Topliss-reactive ketones (excluding diaryl/α,β-unsaturated/α-hetero) is 2. The van der Waals surface area contributed by atoms with Gasteiger partial charge in [-0.25, -0.2) is 0 Å². The molecular formula is C21H32O2. The minimum Gasteiger partial charge on any atom is -0.300 e. The maximum atomic E-state index is 12.5. The van der Waals surface area contributed by atoms with Gasteiger partial charge in [-0.15, -0.1) is 0 Å². The van der Waals surface area contributed by atoms with Gasteiger partial charge in [-0.05, 0) is 86.3 Å². The van der Waals surface area contributed by atoms with Gasteiger partial charge in [0, 0.05) is 26.9 Å². The highest BCUT2D eigenvalue weighted by Gasteiger charge is 2.60. The number of hydrogen-bond donors (Lipinski definition) is 0. The average molecular weight is 323 g/mol. The fourth-order valence-corrected chi connectivity index (χ4v) is 6.32. The zero-order valence-electron chi connectivity index (χ0n) is 20.3. The summed E-state index contributed by atoms with van der Waals surface area (Å²) in [4.78, 5) is 24.8. The van der Waals surface area contributed by atoms with Crippen molar-refractivity contribution in [3.8, 4) is 0 Å². The molecule has 0 amide bonds. The molecule has 4 saturated carbocycles. The molecule has 4 aliphatic rings. The van der Waals surface area contributed by atoms with E-state index >= 15 is 0 Å². The van der Waals surface area contributed by atoms with E-state index in [9.17, 15) is 9.59 Å². The van der Waals surface area contributed by atoms with E-state index in [2.05, 4.69) is 6.92 Å². The molecule has 4 rings (SSSR count). The van der Waals surface area contributed by atoms with Gasteiger partial charge < -0.3 is 0 Å². The fourth-order valence-electron chi connectivity index (χ4n) is 6.32. The first-order chi connectivity index (χ1) is 13.3. The first-order valence-corrected chi connectivity index (χ1v) is 9.00. The molecule has 0 aliphatic heterocycles. The molecule has 4 fully saturated rings. The SMILES string of the molecule is [2H]C1C(=O)C([2H])[C@]2([2H])C([2H])C([2H])[C@H]3[C@@H]4CC[C@H](C(C)=O)[C@@]4(C)CC[C@@H]3[C@@]2(C)C1[2H]. The van der Waals surface area contributed by atoms with Crippen molar-refractivity contribution in [2.24, 2.45) is 40.4 Å². The van der Waals surface area contributed by atoms with E-state index in [-0.39, 0.29) is 34.9 Å². The molecule has 5 unspecified atom stereocenters. The first kappa shape index (κ1) is 10.4. The Morgan fingerprint density at radius 2 is 1.91 bits per heavy atom. The Kier molecular flexibility index (Phi) is 2.33. The molecule has 0 saturated heterocycles. The second kappa shape index (κ2) is 5.17. The molecule has 2 heteroatoms. The van der Waals surface area contributed by atoms with E-state index in [0.29, 0.717) is 6.42 Å². The van der Waals surface area contributed by atoms with E-state index in [1.165, 1.54) is 0 Å². The van der Waals surface area contributed by atoms with Crippen molar-refractivity contribution in [3.63, 3.8) is 0 Å². The predicted octanol–water partition coefficient (Wildman–Crippen LogP) is 4.80. The van der Waals surface area contributed by atoms with Crippen LogP contribution in [0.25, 0.3) is 0 Å². The first-order valence-electron chi connectivity index (χ1n) is 12.4. The predicted molar refractivity (Wildman–Crippen MR) is 90.9 cm³/mol. The molecule has 0 aromatic heterocycles. The van der Waals surface area contributed by atoms with Gasteiger partial charge in [0.1, 0.15) is 11.6 Å². The van der Waals surface area contributed by atoms with Crippen molar-refractivity contribution in [1.82, 2.24) is 0 Å². The molecule has 12 atom stereocenters. The Balaban J connectivity index is 1.84. The lowest BCUT2D eigenvalue weighted by Gasteiger charge is -2.60. The molecule has 0 aromatic rings. The number of carbonyl (C=O) groups is 2. The minimum absolute atomic E-state index is 0.0482. The van der Waals surface area contributed by atoms with Gasteiger partial charge in [0.05, 0.1) is 0 Å². The van der Waals surface area contributed by atoms with E-state index in [1.807, 2.05) is 0 Å². The molecule has 23 heavy (non-hydrogen) atoms. The Hall–Kier alpha value is -0.660. The second-order valence-electron chi connectivity index (χ2n) is 8.55. The van der Waals surface area contributed by atoms with Crippen molar-refractivity contribution in [2.75, 3.05) is 0 Å². The van der Waals surface area contributed by atoms with Crippen LogP contribution in [-0.4, -0.2) is 11.6 Å². The number of carbonyl (C=O) groups excluding carboxylic acids is 2. The molecule has 2 nitrogen and oxygen atoms in total. The van der Waals surface area contributed by atoms with Crippen molar-refractivity contribution in [1.29, 1.82) is 0 Å². The molecule has 0 bridgehead atoms. The van der Waals surface area contributed by atoms with Crippen LogP contribution >= 0.6 is 0 Å². The summed E-state index contributed by atoms with van der Waals surface area (Å²) in [6, 6.07) is 0. The maximum Gasteiger partial charge on any atom is 0.133 e. The molecule has 0 spiro atoms. The summed E-state index contributed by atoms with van der Waals surface area (Å²) >= 11 is 0. The van der Waals surface area contributed by atoms with Crippen molar-refractivity contribution < 1.29 is 17.8 Å². The maximum absolute atomic E-state index is 12.5. The molecule has 128 valence electrons. The van der Waals surface area contributed by atoms with Gasteiger partial charge in [-0.3, -0.25) is 9.59 Å². The molecule has 0 N–H and O–H groups in total. The Bertz CT molecular complexity index is 747. The number of ketones is 2. The smallest absolute Gasteiger partial charge is 0.133 e. The van der Waals surface area contributed by atoms with E-state index in [0.717, 1.165) is 19.3 Å². The fraction of sp³-hybridized carbons (Fsp3) is 0.905. The van der Waals surface area contributed by atoms with Gasteiger partial charge in [0.15, 0.2) is 0 Å². The number of rotatable bonds is 1. The van der Waals surface area contributed by atoms with Gasteiger partial charge >= 0.3 is 0 Å². The van der Waals surface area contributed by atoms with Crippen LogP contribution in [0, 0.1) is 40.4 Å². The third-order valence-electron chi connectivity index (χ3n) is 7.61. The summed E-state index contributed by atoms with van der Waals surface area (Å²) in [5.74, 6) is -2.88. The molecule has 0 heterocycles. The van der Waals surface area contributed by atoms with Crippen LogP contribution in [-0.2, 0) is 9.59 Å². The minimum atomic E-state index is -1.85. The largest absolute Gasteiger partial charge is 0.300 e. The summed E-state index contributed by atoms with van der Waals surface area (Å²) in [6.45, 7) is 5.51. The van der Waals surface area contributed by atoms with Crippen molar-refractivity contribution in [3.05, 3.63) is 0 Å². The number of hydrogen-bond acceptors (Lipinski definition) is 2. The van der Waals surface area contributed by atoms with E-state index < -0.39 is 49.1 Å². The summed E-state index contributed by atoms with van der Waals surface area (Å²) in [5.41, 5.74) is -1.39. The highest BCUT2D eigenvalue weighted by molar-refractivity contribution is 5.80. The Morgan fingerprint density at radius 3 is 2.65 bits per heavy atom. The Labute approximate surface area is 149 Å². The topological polar surface area (TPSA) is 34.1 Å². The second-order valence-corrected chi connectivity index (χ2v) is 8.55. The normalized spacial score (nSPS) is 75.4. The molecular weight excluding hydrogens is 284 g/mol. The van der Waals surface area contributed by atoms with Crippen LogP contribution in [0.1, 0.15) is 86.7 Å². The summed E-state index contributed by atoms with van der Waals surface area (Å²) in [7, 11) is 0.